The third-order valence-corrected chi connectivity index (χ3v) is 1.19. The van der Waals surface area contributed by atoms with Crippen molar-refractivity contribution in [2.24, 2.45) is 0 Å². The van der Waals surface area contributed by atoms with E-state index in [0.29, 0.717) is 6.92 Å². The summed E-state index contributed by atoms with van der Waals surface area (Å²) in [5, 5.41) is 0. The lowest BCUT2D eigenvalue weighted by atomic mass is 10.3. The highest BCUT2D eigenvalue weighted by Crippen LogP contribution is 2.43. The summed E-state index contributed by atoms with van der Waals surface area (Å²) in [6, 6.07) is 0. The van der Waals surface area contributed by atoms with E-state index in [4.69, 9.17) is 0 Å². The molecule has 0 radical (unpaired) electrons. The van der Waals surface area contributed by atoms with E-state index in [1.165, 1.54) is 0 Å². The monoisotopic (exact) mass is 192 g/mol. The Morgan fingerprint density at radius 2 is 1.50 bits per heavy atom. The van der Waals surface area contributed by atoms with Gasteiger partial charge in [0.15, 0.2) is 0 Å². The molecule has 12 heavy (non-hydrogen) atoms. The molecule has 1 aliphatic heterocycles. The summed E-state index contributed by atoms with van der Waals surface area (Å²) in [7, 11) is 0. The maximum absolute atomic E-state index is 12.5. The van der Waals surface area contributed by atoms with Gasteiger partial charge >= 0.3 is 12.2 Å². The van der Waals surface area contributed by atoms with Crippen LogP contribution in [0.4, 0.5) is 22.0 Å². The molecule has 1 heterocycles. The van der Waals surface area contributed by atoms with Gasteiger partial charge < -0.3 is 4.74 Å². The highest BCUT2D eigenvalue weighted by atomic mass is 19.3. The van der Waals surface area contributed by atoms with Crippen molar-refractivity contribution in [3.63, 3.8) is 0 Å². The standard InChI is InChI=1S/C5H5F5O2/c1-3(6)2-11-4(7,8)5(9,10)12-3/h2H2,1H3. The molecule has 7 heteroatoms. The van der Waals surface area contributed by atoms with Crippen LogP contribution in [0.5, 0.6) is 0 Å². The Kier molecular flexibility index (Phi) is 1.84. The molecule has 72 valence electrons. The first-order valence-electron chi connectivity index (χ1n) is 2.95. The van der Waals surface area contributed by atoms with Gasteiger partial charge in [0.05, 0.1) is 0 Å². The zero-order chi connectivity index (χ0) is 9.62. The van der Waals surface area contributed by atoms with Gasteiger partial charge in [-0.1, -0.05) is 0 Å². The number of ether oxygens (including phenoxy) is 2. The molecule has 0 spiro atoms. The van der Waals surface area contributed by atoms with Crippen LogP contribution < -0.4 is 0 Å². The predicted octanol–water partition coefficient (Wildman–Crippen LogP) is 1.90. The normalized spacial score (nSPS) is 39.5. The van der Waals surface area contributed by atoms with E-state index in [9.17, 15) is 22.0 Å². The van der Waals surface area contributed by atoms with Crippen molar-refractivity contribution in [2.75, 3.05) is 6.61 Å². The summed E-state index contributed by atoms with van der Waals surface area (Å²) in [4.78, 5) is 0. The van der Waals surface area contributed by atoms with Crippen LogP contribution in [0.1, 0.15) is 6.92 Å². The first kappa shape index (κ1) is 9.66. The second-order valence-electron chi connectivity index (χ2n) is 2.53. The molecule has 0 aromatic carbocycles. The number of halogens is 5. The van der Waals surface area contributed by atoms with E-state index in [-0.39, 0.29) is 0 Å². The highest BCUT2D eigenvalue weighted by molar-refractivity contribution is 4.77. The lowest BCUT2D eigenvalue weighted by Gasteiger charge is -2.36. The number of rotatable bonds is 0. The molecule has 1 rings (SSSR count). The first-order valence-corrected chi connectivity index (χ1v) is 2.95. The van der Waals surface area contributed by atoms with Crippen LogP contribution >= 0.6 is 0 Å². The van der Waals surface area contributed by atoms with Gasteiger partial charge in [-0.15, -0.1) is 0 Å². The summed E-state index contributed by atoms with van der Waals surface area (Å²) in [5.41, 5.74) is 0. The summed E-state index contributed by atoms with van der Waals surface area (Å²) in [5.74, 6) is -2.88. The van der Waals surface area contributed by atoms with Crippen molar-refractivity contribution in [3.8, 4) is 0 Å². The maximum Gasteiger partial charge on any atom is 0.451 e. The van der Waals surface area contributed by atoms with E-state index in [2.05, 4.69) is 9.47 Å². The van der Waals surface area contributed by atoms with Crippen LogP contribution in [0.3, 0.4) is 0 Å². The molecule has 0 saturated carbocycles. The topological polar surface area (TPSA) is 18.5 Å². The van der Waals surface area contributed by atoms with Crippen molar-refractivity contribution >= 4 is 0 Å². The minimum atomic E-state index is -4.92. The zero-order valence-corrected chi connectivity index (χ0v) is 5.91. The van der Waals surface area contributed by atoms with Crippen LogP contribution in [0.2, 0.25) is 0 Å². The van der Waals surface area contributed by atoms with Gasteiger partial charge in [-0.2, -0.15) is 17.6 Å². The minimum Gasteiger partial charge on any atom is -0.307 e. The SMILES string of the molecule is CC1(F)COC(F)(F)C(F)(F)O1. The van der Waals surface area contributed by atoms with Crippen LogP contribution in [-0.2, 0) is 9.47 Å². The molecule has 2 nitrogen and oxygen atoms in total. The molecule has 1 atom stereocenters. The maximum atomic E-state index is 12.5. The molecule has 0 N–H and O–H groups in total. The van der Waals surface area contributed by atoms with Crippen molar-refractivity contribution in [3.05, 3.63) is 0 Å². The largest absolute Gasteiger partial charge is 0.451 e. The number of hydrogen-bond acceptors (Lipinski definition) is 2. The first-order chi connectivity index (χ1) is 5.16. The Morgan fingerprint density at radius 3 is 1.83 bits per heavy atom. The molecule has 0 amide bonds. The molecule has 0 aromatic rings. The smallest absolute Gasteiger partial charge is 0.307 e. The van der Waals surface area contributed by atoms with Crippen LogP contribution in [0, 0.1) is 0 Å². The van der Waals surface area contributed by atoms with Crippen molar-refractivity contribution in [2.45, 2.75) is 25.0 Å². The zero-order valence-electron chi connectivity index (χ0n) is 5.91. The Bertz CT molecular complexity index is 190. The fourth-order valence-electron chi connectivity index (χ4n) is 0.660. The molecule has 0 aliphatic carbocycles. The predicted molar refractivity (Wildman–Crippen MR) is 26.4 cm³/mol. The summed E-state index contributed by atoms with van der Waals surface area (Å²) < 4.78 is 67.5. The van der Waals surface area contributed by atoms with Crippen molar-refractivity contribution < 1.29 is 31.4 Å². The van der Waals surface area contributed by atoms with Gasteiger partial charge in [-0.3, -0.25) is 4.74 Å². The Morgan fingerprint density at radius 1 is 1.00 bits per heavy atom. The van der Waals surface area contributed by atoms with E-state index < -0.39 is 24.7 Å². The summed E-state index contributed by atoms with van der Waals surface area (Å²) >= 11 is 0. The minimum absolute atomic E-state index is 0.580. The van der Waals surface area contributed by atoms with Gasteiger partial charge in [-0.05, 0) is 6.92 Å². The molecule has 1 saturated heterocycles. The van der Waals surface area contributed by atoms with Crippen molar-refractivity contribution in [1.29, 1.82) is 0 Å². The second kappa shape index (κ2) is 2.29. The third kappa shape index (κ3) is 1.51. The molecule has 1 unspecified atom stereocenters. The highest BCUT2D eigenvalue weighted by Gasteiger charge is 2.66. The van der Waals surface area contributed by atoms with Gasteiger partial charge in [0.1, 0.15) is 6.61 Å². The summed E-state index contributed by atoms with van der Waals surface area (Å²) in [6.45, 7) is -0.647. The van der Waals surface area contributed by atoms with Gasteiger partial charge in [0.2, 0.25) is 5.85 Å². The molecule has 0 bridgehead atoms. The quantitative estimate of drug-likeness (QED) is 0.545. The van der Waals surface area contributed by atoms with Gasteiger partial charge in [-0.25, -0.2) is 4.39 Å². The fourth-order valence-corrected chi connectivity index (χ4v) is 0.660. The van der Waals surface area contributed by atoms with Crippen molar-refractivity contribution in [1.82, 2.24) is 0 Å². The van der Waals surface area contributed by atoms with E-state index in [1.54, 1.807) is 0 Å². The molecule has 1 aliphatic rings. The van der Waals surface area contributed by atoms with Gasteiger partial charge in [0.25, 0.3) is 0 Å². The van der Waals surface area contributed by atoms with Crippen LogP contribution in [0.25, 0.3) is 0 Å². The molecular formula is C5H5F5O2. The average molecular weight is 192 g/mol. The van der Waals surface area contributed by atoms with Crippen LogP contribution in [0.15, 0.2) is 0 Å². The number of alkyl halides is 5. The number of hydrogen-bond donors (Lipinski definition) is 0. The average Bonchev–Trinajstić information content (AvgIpc) is 1.79. The Hall–Kier alpha value is -0.430. The van der Waals surface area contributed by atoms with Crippen LogP contribution in [-0.4, -0.2) is 24.7 Å². The van der Waals surface area contributed by atoms with Gasteiger partial charge in [0, 0.05) is 0 Å². The molecular weight excluding hydrogens is 187 g/mol. The Labute approximate surface area is 64.2 Å². The second-order valence-corrected chi connectivity index (χ2v) is 2.53. The lowest BCUT2D eigenvalue weighted by Crippen LogP contribution is -2.56. The third-order valence-electron chi connectivity index (χ3n) is 1.19. The molecule has 0 aromatic heterocycles. The van der Waals surface area contributed by atoms with E-state index in [1.807, 2.05) is 0 Å². The summed E-state index contributed by atoms with van der Waals surface area (Å²) in [6.07, 6.45) is -9.69. The lowest BCUT2D eigenvalue weighted by molar-refractivity contribution is -0.505. The Balaban J connectivity index is 2.82. The fraction of sp³-hybridized carbons (Fsp3) is 1.00. The van der Waals surface area contributed by atoms with E-state index >= 15 is 0 Å². The van der Waals surface area contributed by atoms with E-state index in [0.717, 1.165) is 0 Å². The molecule has 1 fully saturated rings.